The summed E-state index contributed by atoms with van der Waals surface area (Å²) in [7, 11) is 1.40. The number of halogens is 2. The van der Waals surface area contributed by atoms with Gasteiger partial charge in [0.05, 0.1) is 18.7 Å². The molecule has 1 aromatic heterocycles. The minimum absolute atomic E-state index is 0.0530. The van der Waals surface area contributed by atoms with Gasteiger partial charge in [-0.3, -0.25) is 0 Å². The fourth-order valence-electron chi connectivity index (χ4n) is 1.67. The standard InChI is InChI=1S/C14H10BrClN2O3/c1-20-14-12(19)13(9(5-15)7-18-14)21-11-3-8(6-17)2-10(16)4-11/h2-4,7,19H,5H2,1H3. The van der Waals surface area contributed by atoms with Crippen LogP contribution in [0.25, 0.3) is 0 Å². The average molecular weight is 370 g/mol. The minimum Gasteiger partial charge on any atom is -0.501 e. The first-order chi connectivity index (χ1) is 10.1. The average Bonchev–Trinajstić information content (AvgIpc) is 2.48. The van der Waals surface area contributed by atoms with Gasteiger partial charge < -0.3 is 14.6 Å². The summed E-state index contributed by atoms with van der Waals surface area (Å²) in [6.45, 7) is 0. The number of hydrogen-bond donors (Lipinski definition) is 1. The van der Waals surface area contributed by atoms with E-state index in [0.29, 0.717) is 27.2 Å². The van der Waals surface area contributed by atoms with Crippen LogP contribution < -0.4 is 9.47 Å². The molecule has 0 aliphatic heterocycles. The van der Waals surface area contributed by atoms with Crippen molar-refractivity contribution >= 4 is 27.5 Å². The number of aromatic nitrogens is 1. The minimum atomic E-state index is -0.215. The summed E-state index contributed by atoms with van der Waals surface area (Å²) in [5.41, 5.74) is 0.991. The van der Waals surface area contributed by atoms with E-state index in [0.717, 1.165) is 0 Å². The van der Waals surface area contributed by atoms with E-state index in [1.807, 2.05) is 6.07 Å². The molecule has 2 aromatic rings. The highest BCUT2D eigenvalue weighted by Crippen LogP contribution is 2.41. The number of alkyl halides is 1. The lowest BCUT2D eigenvalue weighted by molar-refractivity contribution is 0.340. The Morgan fingerprint density at radius 2 is 2.19 bits per heavy atom. The van der Waals surface area contributed by atoms with Crippen molar-refractivity contribution in [3.8, 4) is 29.2 Å². The monoisotopic (exact) mass is 368 g/mol. The Hall–Kier alpha value is -1.97. The normalized spacial score (nSPS) is 10.0. The summed E-state index contributed by atoms with van der Waals surface area (Å²) in [4.78, 5) is 3.96. The van der Waals surface area contributed by atoms with Gasteiger partial charge in [0.1, 0.15) is 5.75 Å². The number of pyridine rings is 1. The Morgan fingerprint density at radius 1 is 1.43 bits per heavy atom. The van der Waals surface area contributed by atoms with Crippen molar-refractivity contribution in [1.82, 2.24) is 4.98 Å². The molecule has 108 valence electrons. The van der Waals surface area contributed by atoms with Crippen molar-refractivity contribution in [2.45, 2.75) is 5.33 Å². The van der Waals surface area contributed by atoms with Crippen molar-refractivity contribution in [3.63, 3.8) is 0 Å². The van der Waals surface area contributed by atoms with E-state index >= 15 is 0 Å². The van der Waals surface area contributed by atoms with Crippen LogP contribution >= 0.6 is 27.5 Å². The molecule has 5 nitrogen and oxygen atoms in total. The number of aromatic hydroxyl groups is 1. The maximum atomic E-state index is 10.1. The molecule has 0 radical (unpaired) electrons. The Kier molecular flexibility index (Phi) is 4.89. The van der Waals surface area contributed by atoms with Crippen LogP contribution in [0.2, 0.25) is 5.02 Å². The summed E-state index contributed by atoms with van der Waals surface area (Å²) in [5.74, 6) is 0.375. The van der Waals surface area contributed by atoms with Gasteiger partial charge in [-0.15, -0.1) is 0 Å². The van der Waals surface area contributed by atoms with Crippen LogP contribution in [0, 0.1) is 11.3 Å². The van der Waals surface area contributed by atoms with E-state index in [4.69, 9.17) is 26.3 Å². The van der Waals surface area contributed by atoms with E-state index in [-0.39, 0.29) is 17.4 Å². The highest BCUT2D eigenvalue weighted by Gasteiger charge is 2.17. The zero-order valence-corrected chi connectivity index (χ0v) is 13.3. The lowest BCUT2D eigenvalue weighted by Crippen LogP contribution is -1.96. The largest absolute Gasteiger partial charge is 0.501 e. The van der Waals surface area contributed by atoms with Gasteiger partial charge in [0.15, 0.2) is 5.75 Å². The predicted molar refractivity (Wildman–Crippen MR) is 81.3 cm³/mol. The van der Waals surface area contributed by atoms with Gasteiger partial charge in [-0.2, -0.15) is 5.26 Å². The maximum absolute atomic E-state index is 10.1. The third kappa shape index (κ3) is 3.38. The quantitative estimate of drug-likeness (QED) is 0.824. The van der Waals surface area contributed by atoms with Crippen LogP contribution in [0.1, 0.15) is 11.1 Å². The maximum Gasteiger partial charge on any atom is 0.260 e. The number of nitrogens with zero attached hydrogens (tertiary/aromatic N) is 2. The van der Waals surface area contributed by atoms with Gasteiger partial charge in [0, 0.05) is 22.1 Å². The van der Waals surface area contributed by atoms with Crippen LogP contribution in [0.15, 0.2) is 24.4 Å². The number of methoxy groups -OCH3 is 1. The molecule has 0 saturated carbocycles. The van der Waals surface area contributed by atoms with E-state index in [9.17, 15) is 5.11 Å². The number of benzene rings is 1. The zero-order chi connectivity index (χ0) is 15.4. The van der Waals surface area contributed by atoms with Crippen molar-refractivity contribution in [2.24, 2.45) is 0 Å². The third-order valence-corrected chi connectivity index (χ3v) is 3.43. The Labute approximate surface area is 134 Å². The lowest BCUT2D eigenvalue weighted by atomic mass is 10.2. The molecule has 7 heteroatoms. The van der Waals surface area contributed by atoms with Crippen molar-refractivity contribution in [1.29, 1.82) is 5.26 Å². The van der Waals surface area contributed by atoms with Crippen LogP contribution in [-0.2, 0) is 5.33 Å². The van der Waals surface area contributed by atoms with Crippen LogP contribution in [0.5, 0.6) is 23.1 Å². The summed E-state index contributed by atoms with van der Waals surface area (Å²) in [6.07, 6.45) is 1.53. The Bertz CT molecular complexity index is 716. The SMILES string of the molecule is COc1ncc(CBr)c(Oc2cc(Cl)cc(C#N)c2)c1O. The number of nitriles is 1. The van der Waals surface area contributed by atoms with E-state index in [2.05, 4.69) is 20.9 Å². The molecule has 1 aromatic carbocycles. The lowest BCUT2D eigenvalue weighted by Gasteiger charge is -2.13. The topological polar surface area (TPSA) is 75.4 Å². The number of rotatable bonds is 4. The first-order valence-electron chi connectivity index (χ1n) is 5.78. The second-order valence-corrected chi connectivity index (χ2v) is 4.99. The van der Waals surface area contributed by atoms with Crippen molar-refractivity contribution in [2.75, 3.05) is 7.11 Å². The van der Waals surface area contributed by atoms with Crippen LogP contribution in [0.4, 0.5) is 0 Å². The van der Waals surface area contributed by atoms with Crippen molar-refractivity contribution in [3.05, 3.63) is 40.5 Å². The summed E-state index contributed by atoms with van der Waals surface area (Å²) >= 11 is 9.22. The second-order valence-electron chi connectivity index (χ2n) is 3.99. The van der Waals surface area contributed by atoms with Gasteiger partial charge in [0.25, 0.3) is 5.88 Å². The smallest absolute Gasteiger partial charge is 0.260 e. The molecule has 1 heterocycles. The molecule has 0 fully saturated rings. The molecule has 0 bridgehead atoms. The predicted octanol–water partition coefficient (Wildman–Crippen LogP) is 4.01. The Morgan fingerprint density at radius 3 is 2.81 bits per heavy atom. The van der Waals surface area contributed by atoms with E-state index in [1.165, 1.54) is 25.4 Å². The fourth-order valence-corrected chi connectivity index (χ4v) is 2.29. The first kappa shape index (κ1) is 15.4. The third-order valence-electron chi connectivity index (χ3n) is 2.60. The van der Waals surface area contributed by atoms with Gasteiger partial charge >= 0.3 is 0 Å². The second kappa shape index (κ2) is 6.66. The molecule has 2 rings (SSSR count). The highest BCUT2D eigenvalue weighted by molar-refractivity contribution is 9.08. The molecule has 0 aliphatic rings. The molecular weight excluding hydrogens is 360 g/mol. The van der Waals surface area contributed by atoms with Gasteiger partial charge in [-0.05, 0) is 18.2 Å². The van der Waals surface area contributed by atoms with Gasteiger partial charge in [0.2, 0.25) is 5.75 Å². The molecule has 21 heavy (non-hydrogen) atoms. The van der Waals surface area contributed by atoms with E-state index in [1.54, 1.807) is 6.07 Å². The fraction of sp³-hybridized carbons (Fsp3) is 0.143. The van der Waals surface area contributed by atoms with Crippen LogP contribution in [0.3, 0.4) is 0 Å². The zero-order valence-electron chi connectivity index (χ0n) is 10.9. The molecular formula is C14H10BrClN2O3. The summed E-state index contributed by atoms with van der Waals surface area (Å²) in [5, 5.41) is 19.9. The molecule has 0 unspecified atom stereocenters. The molecule has 0 aliphatic carbocycles. The molecule has 0 spiro atoms. The molecule has 0 saturated heterocycles. The molecule has 0 amide bonds. The summed E-state index contributed by atoms with van der Waals surface area (Å²) < 4.78 is 10.6. The summed E-state index contributed by atoms with van der Waals surface area (Å²) in [6, 6.07) is 6.58. The Balaban J connectivity index is 2.48. The molecule has 1 N–H and O–H groups in total. The highest BCUT2D eigenvalue weighted by atomic mass is 79.9. The van der Waals surface area contributed by atoms with E-state index < -0.39 is 0 Å². The van der Waals surface area contributed by atoms with Crippen LogP contribution in [-0.4, -0.2) is 17.2 Å². The number of hydrogen-bond acceptors (Lipinski definition) is 5. The van der Waals surface area contributed by atoms with Gasteiger partial charge in [-0.1, -0.05) is 27.5 Å². The van der Waals surface area contributed by atoms with Gasteiger partial charge in [-0.25, -0.2) is 4.98 Å². The number of ether oxygens (including phenoxy) is 2. The molecule has 0 atom stereocenters. The first-order valence-corrected chi connectivity index (χ1v) is 7.28. The van der Waals surface area contributed by atoms with Crippen molar-refractivity contribution < 1.29 is 14.6 Å².